The molecule has 1 atom stereocenters. The van der Waals surface area contributed by atoms with Gasteiger partial charge in [-0.1, -0.05) is 77.8 Å². The van der Waals surface area contributed by atoms with Crippen molar-refractivity contribution in [2.45, 2.75) is 6.10 Å². The molecule has 4 heteroatoms. The Morgan fingerprint density at radius 2 is 1.58 bits per heavy atom. The number of halogens is 2. The molecule has 1 heterocycles. The average Bonchev–Trinajstić information content (AvgIpc) is 2.68. The summed E-state index contributed by atoms with van der Waals surface area (Å²) >= 11 is 12.5. The minimum Gasteiger partial charge on any atom is -0.480 e. The van der Waals surface area contributed by atoms with Crippen LogP contribution in [0.5, 0.6) is 5.75 Å². The Morgan fingerprint density at radius 3 is 2.38 bits per heavy atom. The first-order chi connectivity index (χ1) is 12.6. The number of hydrogen-bond donors (Lipinski definition) is 0. The van der Waals surface area contributed by atoms with E-state index in [0.29, 0.717) is 32.5 Å². The van der Waals surface area contributed by atoms with Crippen molar-refractivity contribution in [1.29, 1.82) is 0 Å². The monoisotopic (exact) mass is 380 g/mol. The molecule has 3 aromatic carbocycles. The van der Waals surface area contributed by atoms with Gasteiger partial charge in [0.05, 0.1) is 15.6 Å². The van der Waals surface area contributed by atoms with E-state index >= 15 is 0 Å². The molecule has 0 N–H and O–H groups in total. The van der Waals surface area contributed by atoms with Crippen molar-refractivity contribution in [2.24, 2.45) is 0 Å². The number of hydrogen-bond acceptors (Lipinski definition) is 2. The molecule has 4 rings (SSSR count). The van der Waals surface area contributed by atoms with Crippen molar-refractivity contribution in [3.8, 4) is 5.75 Å². The SMILES string of the molecule is O=C1C(=Cc2cccc(Cl)c2Cl)C(c2ccccc2)Oc2ccccc21. The number of fused-ring (bicyclic) bond motifs is 1. The van der Waals surface area contributed by atoms with Crippen LogP contribution in [0.4, 0.5) is 0 Å². The molecule has 0 fully saturated rings. The molecule has 0 aromatic heterocycles. The highest BCUT2D eigenvalue weighted by atomic mass is 35.5. The molecule has 0 bridgehead atoms. The first kappa shape index (κ1) is 16.9. The number of carbonyl (C=O) groups is 1. The molecule has 0 saturated heterocycles. The summed E-state index contributed by atoms with van der Waals surface area (Å²) in [4.78, 5) is 13.2. The highest BCUT2D eigenvalue weighted by Gasteiger charge is 2.32. The van der Waals surface area contributed by atoms with Crippen LogP contribution in [0.15, 0.2) is 78.4 Å². The third kappa shape index (κ3) is 3.03. The van der Waals surface area contributed by atoms with Gasteiger partial charge in [0.25, 0.3) is 0 Å². The molecule has 0 amide bonds. The third-order valence-electron chi connectivity index (χ3n) is 4.32. The Morgan fingerprint density at radius 1 is 0.846 bits per heavy atom. The Labute approximate surface area is 161 Å². The Hall–Kier alpha value is -2.55. The lowest BCUT2D eigenvalue weighted by atomic mass is 9.89. The molecule has 3 aromatic rings. The maximum atomic E-state index is 13.2. The number of para-hydroxylation sites is 1. The molecule has 26 heavy (non-hydrogen) atoms. The van der Waals surface area contributed by atoms with Crippen LogP contribution in [0.3, 0.4) is 0 Å². The van der Waals surface area contributed by atoms with E-state index in [9.17, 15) is 4.79 Å². The zero-order valence-corrected chi connectivity index (χ0v) is 15.2. The second kappa shape index (κ2) is 6.99. The van der Waals surface area contributed by atoms with Gasteiger partial charge < -0.3 is 4.74 Å². The number of ether oxygens (including phenoxy) is 1. The fourth-order valence-corrected chi connectivity index (χ4v) is 3.40. The van der Waals surface area contributed by atoms with Crippen LogP contribution < -0.4 is 4.74 Å². The molecule has 0 aliphatic carbocycles. The maximum Gasteiger partial charge on any atom is 0.196 e. The van der Waals surface area contributed by atoms with Gasteiger partial charge >= 0.3 is 0 Å². The minimum absolute atomic E-state index is 0.0725. The van der Waals surface area contributed by atoms with Crippen LogP contribution in [-0.4, -0.2) is 5.78 Å². The first-order valence-corrected chi connectivity index (χ1v) is 8.91. The second-order valence-corrected chi connectivity index (χ2v) is 6.76. The summed E-state index contributed by atoms with van der Waals surface area (Å²) in [5, 5.41) is 0.863. The summed E-state index contributed by atoms with van der Waals surface area (Å²) in [5.41, 5.74) is 2.66. The highest BCUT2D eigenvalue weighted by Crippen LogP contribution is 2.40. The van der Waals surface area contributed by atoms with E-state index < -0.39 is 6.10 Å². The van der Waals surface area contributed by atoms with Gasteiger partial charge in [-0.25, -0.2) is 0 Å². The van der Waals surface area contributed by atoms with E-state index in [2.05, 4.69) is 0 Å². The molecule has 2 nitrogen and oxygen atoms in total. The van der Waals surface area contributed by atoms with E-state index in [1.54, 1.807) is 24.3 Å². The molecule has 1 unspecified atom stereocenters. The van der Waals surface area contributed by atoms with Gasteiger partial charge in [0.2, 0.25) is 0 Å². The minimum atomic E-state index is -0.506. The van der Waals surface area contributed by atoms with E-state index in [1.807, 2.05) is 54.6 Å². The van der Waals surface area contributed by atoms with Crippen molar-refractivity contribution in [2.75, 3.05) is 0 Å². The normalized spacial score (nSPS) is 17.7. The number of Topliss-reactive ketones (excluding diaryl/α,β-unsaturated/α-hetero) is 1. The highest BCUT2D eigenvalue weighted by molar-refractivity contribution is 6.43. The van der Waals surface area contributed by atoms with Gasteiger partial charge in [0, 0.05) is 5.57 Å². The summed E-state index contributed by atoms with van der Waals surface area (Å²) in [6.45, 7) is 0. The van der Waals surface area contributed by atoms with E-state index in [-0.39, 0.29) is 5.78 Å². The predicted octanol–water partition coefficient (Wildman–Crippen LogP) is 6.39. The lowest BCUT2D eigenvalue weighted by Crippen LogP contribution is -2.23. The molecule has 1 aliphatic rings. The van der Waals surface area contributed by atoms with Crippen LogP contribution in [0.2, 0.25) is 10.0 Å². The fourth-order valence-electron chi connectivity index (χ4n) is 3.04. The lowest BCUT2D eigenvalue weighted by molar-refractivity contribution is 0.0963. The molecule has 0 spiro atoms. The summed E-state index contributed by atoms with van der Waals surface area (Å²) in [7, 11) is 0. The van der Waals surface area contributed by atoms with Crippen molar-refractivity contribution in [3.05, 3.63) is 105 Å². The molecule has 0 radical (unpaired) electrons. The van der Waals surface area contributed by atoms with E-state index in [0.717, 1.165) is 5.56 Å². The van der Waals surface area contributed by atoms with Crippen molar-refractivity contribution in [1.82, 2.24) is 0 Å². The Bertz CT molecular complexity index is 1010. The summed E-state index contributed by atoms with van der Waals surface area (Å²) < 4.78 is 6.18. The Kier molecular flexibility index (Phi) is 4.54. The number of rotatable bonds is 2. The second-order valence-electron chi connectivity index (χ2n) is 5.98. The van der Waals surface area contributed by atoms with Gasteiger partial charge in [-0.3, -0.25) is 4.79 Å². The van der Waals surface area contributed by atoms with Crippen molar-refractivity contribution in [3.63, 3.8) is 0 Å². The van der Waals surface area contributed by atoms with Gasteiger partial charge in [0.1, 0.15) is 5.75 Å². The standard InChI is InChI=1S/C22H14Cl2O2/c23-18-11-6-9-15(20(18)24)13-17-21(25)16-10-4-5-12-19(16)26-22(17)14-7-2-1-3-8-14/h1-13,22H. The van der Waals surface area contributed by atoms with Crippen LogP contribution in [0, 0.1) is 0 Å². The molecular formula is C22H14Cl2O2. The summed E-state index contributed by atoms with van der Waals surface area (Å²) in [6, 6.07) is 22.3. The van der Waals surface area contributed by atoms with Crippen molar-refractivity contribution < 1.29 is 9.53 Å². The summed E-state index contributed by atoms with van der Waals surface area (Å²) in [6.07, 6.45) is 1.26. The van der Waals surface area contributed by atoms with Crippen LogP contribution in [-0.2, 0) is 0 Å². The van der Waals surface area contributed by atoms with Crippen LogP contribution in [0.25, 0.3) is 6.08 Å². The van der Waals surface area contributed by atoms with E-state index in [4.69, 9.17) is 27.9 Å². The zero-order chi connectivity index (χ0) is 18.1. The largest absolute Gasteiger partial charge is 0.480 e. The summed E-state index contributed by atoms with van der Waals surface area (Å²) in [5.74, 6) is 0.512. The molecule has 0 saturated carbocycles. The predicted molar refractivity (Wildman–Crippen MR) is 105 cm³/mol. The molecule has 128 valence electrons. The van der Waals surface area contributed by atoms with Crippen molar-refractivity contribution >= 4 is 35.1 Å². The zero-order valence-electron chi connectivity index (χ0n) is 13.7. The van der Waals surface area contributed by atoms with Gasteiger partial charge in [0.15, 0.2) is 11.9 Å². The van der Waals surface area contributed by atoms with Gasteiger partial charge in [-0.05, 0) is 35.4 Å². The quantitative estimate of drug-likeness (QED) is 0.481. The average molecular weight is 381 g/mol. The maximum absolute atomic E-state index is 13.2. The van der Waals surface area contributed by atoms with Gasteiger partial charge in [-0.2, -0.15) is 0 Å². The van der Waals surface area contributed by atoms with Crippen LogP contribution >= 0.6 is 23.2 Å². The third-order valence-corrected chi connectivity index (χ3v) is 5.15. The molecule has 1 aliphatic heterocycles. The van der Waals surface area contributed by atoms with Crippen LogP contribution in [0.1, 0.15) is 27.6 Å². The number of benzene rings is 3. The fraction of sp³-hybridized carbons (Fsp3) is 0.0455. The number of carbonyl (C=O) groups excluding carboxylic acids is 1. The van der Waals surface area contributed by atoms with Gasteiger partial charge in [-0.15, -0.1) is 0 Å². The molecular weight excluding hydrogens is 367 g/mol. The topological polar surface area (TPSA) is 26.3 Å². The smallest absolute Gasteiger partial charge is 0.196 e. The first-order valence-electron chi connectivity index (χ1n) is 8.16. The Balaban J connectivity index is 1.90. The number of ketones is 1. The lowest BCUT2D eigenvalue weighted by Gasteiger charge is -2.28. The van der Waals surface area contributed by atoms with E-state index in [1.165, 1.54) is 0 Å².